The van der Waals surface area contributed by atoms with Crippen LogP contribution in [0, 0.1) is 13.8 Å². The first kappa shape index (κ1) is 13.7. The minimum atomic E-state index is -0.372. The van der Waals surface area contributed by atoms with Crippen LogP contribution in [0.25, 0.3) is 22.2 Å². The normalized spacial score (nSPS) is 11.2. The Kier molecular flexibility index (Phi) is 3.02. The van der Waals surface area contributed by atoms with Crippen LogP contribution in [0.3, 0.4) is 0 Å². The Bertz CT molecular complexity index is 925. The molecule has 0 spiro atoms. The van der Waals surface area contributed by atoms with E-state index in [4.69, 9.17) is 11.6 Å². The Morgan fingerprint density at radius 1 is 1.29 bits per heavy atom. The first-order valence-corrected chi connectivity index (χ1v) is 6.82. The molecule has 2 N–H and O–H groups in total. The van der Waals surface area contributed by atoms with Gasteiger partial charge in [0.05, 0.1) is 16.9 Å². The Balaban J connectivity index is 2.42. The van der Waals surface area contributed by atoms with E-state index in [1.165, 1.54) is 0 Å². The molecule has 0 saturated heterocycles. The van der Waals surface area contributed by atoms with E-state index >= 15 is 0 Å². The topological polar surface area (TPSA) is 70.9 Å². The molecule has 1 aromatic carbocycles. The maximum absolute atomic E-state index is 12.3. The van der Waals surface area contributed by atoms with Crippen molar-refractivity contribution in [1.82, 2.24) is 14.8 Å². The second kappa shape index (κ2) is 4.63. The number of hydrogen-bond donors (Lipinski definition) is 2. The number of benzene rings is 1. The molecule has 0 amide bonds. The Morgan fingerprint density at radius 3 is 2.62 bits per heavy atom. The van der Waals surface area contributed by atoms with E-state index in [0.717, 1.165) is 11.3 Å². The van der Waals surface area contributed by atoms with Gasteiger partial charge in [0.25, 0.3) is 5.56 Å². The predicted octanol–water partition coefficient (Wildman–Crippen LogP) is 2.90. The summed E-state index contributed by atoms with van der Waals surface area (Å²) in [4.78, 5) is 15.1. The number of hydrogen-bond acceptors (Lipinski definition) is 3. The molecule has 0 bridgehead atoms. The van der Waals surface area contributed by atoms with Crippen molar-refractivity contribution < 1.29 is 5.11 Å². The summed E-state index contributed by atoms with van der Waals surface area (Å²) in [5.41, 5.74) is 2.53. The Labute approximate surface area is 125 Å². The summed E-state index contributed by atoms with van der Waals surface area (Å²) in [6, 6.07) is 5.17. The molecule has 3 aromatic rings. The highest BCUT2D eigenvalue weighted by atomic mass is 35.5. The molecule has 0 aliphatic heterocycles. The van der Waals surface area contributed by atoms with Gasteiger partial charge in [-0.05, 0) is 37.6 Å². The average molecular weight is 304 g/mol. The number of H-pyrrole nitrogens is 1. The lowest BCUT2D eigenvalue weighted by Crippen LogP contribution is -2.11. The van der Waals surface area contributed by atoms with Gasteiger partial charge in [0.15, 0.2) is 0 Å². The lowest BCUT2D eigenvalue weighted by Gasteiger charge is -2.09. The van der Waals surface area contributed by atoms with Crippen LogP contribution in [0.2, 0.25) is 5.02 Å². The van der Waals surface area contributed by atoms with Crippen molar-refractivity contribution in [2.45, 2.75) is 13.8 Å². The molecule has 108 valence electrons. The Hall–Kier alpha value is -2.27. The summed E-state index contributed by atoms with van der Waals surface area (Å²) in [5, 5.41) is 15.8. The van der Waals surface area contributed by atoms with Gasteiger partial charge in [0.2, 0.25) is 0 Å². The van der Waals surface area contributed by atoms with Crippen LogP contribution in [0.4, 0.5) is 0 Å². The lowest BCUT2D eigenvalue weighted by molar-refractivity contribution is 0.482. The molecule has 21 heavy (non-hydrogen) atoms. The van der Waals surface area contributed by atoms with Crippen molar-refractivity contribution >= 4 is 22.5 Å². The van der Waals surface area contributed by atoms with Crippen molar-refractivity contribution in [2.75, 3.05) is 0 Å². The molecule has 0 atom stereocenters. The molecule has 0 aliphatic rings. The van der Waals surface area contributed by atoms with Crippen LogP contribution in [0.15, 0.2) is 23.0 Å². The van der Waals surface area contributed by atoms with Crippen LogP contribution < -0.4 is 5.56 Å². The Morgan fingerprint density at radius 2 is 2.00 bits per heavy atom. The lowest BCUT2D eigenvalue weighted by atomic mass is 10.1. The summed E-state index contributed by atoms with van der Waals surface area (Å²) in [6.45, 7) is 3.68. The van der Waals surface area contributed by atoms with Crippen LogP contribution in [-0.2, 0) is 7.05 Å². The molecule has 0 fully saturated rings. The molecule has 0 saturated carbocycles. The van der Waals surface area contributed by atoms with Gasteiger partial charge in [0.1, 0.15) is 11.3 Å². The predicted molar refractivity (Wildman–Crippen MR) is 82.9 cm³/mol. The first-order valence-electron chi connectivity index (χ1n) is 6.44. The fourth-order valence-electron chi connectivity index (χ4n) is 2.49. The largest absolute Gasteiger partial charge is 0.506 e. The number of fused-ring (bicyclic) bond motifs is 1. The molecule has 3 rings (SSSR count). The summed E-state index contributed by atoms with van der Waals surface area (Å²) in [6.07, 6.45) is 0. The standard InChI is InChI=1S/C15H14ClN3O2/c1-7-4-9-11(6-10(7)16)17-15(21)13(14(9)20)12-5-8(2)18-19(12)3/h4-6H,1-3H3,(H2,17,20,21). The molecule has 2 heterocycles. The van der Waals surface area contributed by atoms with Crippen molar-refractivity contribution in [3.05, 3.63) is 44.8 Å². The van der Waals surface area contributed by atoms with E-state index in [2.05, 4.69) is 10.1 Å². The van der Waals surface area contributed by atoms with Crippen molar-refractivity contribution in [3.8, 4) is 17.0 Å². The van der Waals surface area contributed by atoms with Gasteiger partial charge in [0, 0.05) is 17.5 Å². The first-order chi connectivity index (χ1) is 9.88. The van der Waals surface area contributed by atoms with Gasteiger partial charge in [-0.1, -0.05) is 11.6 Å². The minimum Gasteiger partial charge on any atom is -0.506 e. The molecule has 6 heteroatoms. The summed E-state index contributed by atoms with van der Waals surface area (Å²) >= 11 is 6.06. The van der Waals surface area contributed by atoms with E-state index in [1.54, 1.807) is 29.9 Å². The number of aromatic nitrogens is 3. The molecular formula is C15H14ClN3O2. The molecule has 2 aromatic heterocycles. The smallest absolute Gasteiger partial charge is 0.261 e. The highest BCUT2D eigenvalue weighted by molar-refractivity contribution is 6.32. The number of aryl methyl sites for hydroxylation is 3. The van der Waals surface area contributed by atoms with Crippen LogP contribution >= 0.6 is 11.6 Å². The number of halogens is 1. The molecular weight excluding hydrogens is 290 g/mol. The number of pyridine rings is 1. The third-order valence-electron chi connectivity index (χ3n) is 3.52. The third kappa shape index (κ3) is 2.10. The fourth-order valence-corrected chi connectivity index (χ4v) is 2.65. The van der Waals surface area contributed by atoms with E-state index < -0.39 is 0 Å². The maximum atomic E-state index is 12.3. The van der Waals surface area contributed by atoms with Crippen molar-refractivity contribution in [3.63, 3.8) is 0 Å². The zero-order valence-corrected chi connectivity index (χ0v) is 12.6. The number of aromatic amines is 1. The highest BCUT2D eigenvalue weighted by Gasteiger charge is 2.18. The number of aromatic hydroxyl groups is 1. The van der Waals surface area contributed by atoms with Gasteiger partial charge in [-0.3, -0.25) is 9.48 Å². The van der Waals surface area contributed by atoms with Gasteiger partial charge in [-0.25, -0.2) is 0 Å². The number of rotatable bonds is 1. The maximum Gasteiger partial charge on any atom is 0.261 e. The second-order valence-electron chi connectivity index (χ2n) is 5.12. The van der Waals surface area contributed by atoms with E-state index in [0.29, 0.717) is 21.6 Å². The monoisotopic (exact) mass is 303 g/mol. The fraction of sp³-hybridized carbons (Fsp3) is 0.200. The van der Waals surface area contributed by atoms with E-state index in [1.807, 2.05) is 13.8 Å². The number of nitrogens with zero attached hydrogens (tertiary/aromatic N) is 2. The average Bonchev–Trinajstić information content (AvgIpc) is 2.71. The molecule has 0 aliphatic carbocycles. The summed E-state index contributed by atoms with van der Waals surface area (Å²) in [7, 11) is 1.73. The number of nitrogens with one attached hydrogen (secondary N) is 1. The van der Waals surface area contributed by atoms with Crippen molar-refractivity contribution in [2.24, 2.45) is 7.05 Å². The molecule has 0 unspecified atom stereocenters. The van der Waals surface area contributed by atoms with E-state index in [9.17, 15) is 9.90 Å². The molecule has 0 radical (unpaired) electrons. The van der Waals surface area contributed by atoms with E-state index in [-0.39, 0.29) is 16.9 Å². The summed E-state index contributed by atoms with van der Waals surface area (Å²) in [5.74, 6) is -0.0588. The zero-order valence-electron chi connectivity index (χ0n) is 11.9. The molecule has 5 nitrogen and oxygen atoms in total. The zero-order chi connectivity index (χ0) is 15.3. The van der Waals surface area contributed by atoms with Crippen LogP contribution in [0.5, 0.6) is 5.75 Å². The van der Waals surface area contributed by atoms with Gasteiger partial charge >= 0.3 is 0 Å². The summed E-state index contributed by atoms with van der Waals surface area (Å²) < 4.78 is 1.58. The van der Waals surface area contributed by atoms with Gasteiger partial charge in [-0.15, -0.1) is 0 Å². The quantitative estimate of drug-likeness (QED) is 0.726. The highest BCUT2D eigenvalue weighted by Crippen LogP contribution is 2.34. The van der Waals surface area contributed by atoms with Crippen LogP contribution in [-0.4, -0.2) is 19.9 Å². The SMILES string of the molecule is Cc1cc(-c2c(O)c3cc(C)c(Cl)cc3[nH]c2=O)n(C)n1. The third-order valence-corrected chi connectivity index (χ3v) is 3.93. The minimum absolute atomic E-state index is 0.0588. The van der Waals surface area contributed by atoms with Crippen molar-refractivity contribution in [1.29, 1.82) is 0 Å². The second-order valence-corrected chi connectivity index (χ2v) is 5.53. The van der Waals surface area contributed by atoms with Gasteiger partial charge < -0.3 is 10.1 Å². The van der Waals surface area contributed by atoms with Gasteiger partial charge in [-0.2, -0.15) is 5.10 Å². The van der Waals surface area contributed by atoms with Crippen LogP contribution in [0.1, 0.15) is 11.3 Å².